The fourth-order valence-electron chi connectivity index (χ4n) is 2.62. The number of aryl methyl sites for hydroxylation is 1. The monoisotopic (exact) mass is 257 g/mol. The molecule has 1 aliphatic heterocycles. The second kappa shape index (κ2) is 5.34. The molecular weight excluding hydrogens is 238 g/mol. The molecular formula is C15H19N3O. The Kier molecular flexibility index (Phi) is 3.40. The topological polar surface area (TPSA) is 41.1 Å². The van der Waals surface area contributed by atoms with Crippen molar-refractivity contribution in [1.29, 1.82) is 0 Å². The molecule has 3 rings (SSSR count). The van der Waals surface area contributed by atoms with Gasteiger partial charge in [0, 0.05) is 30.7 Å². The van der Waals surface area contributed by atoms with Crippen molar-refractivity contribution in [3.05, 3.63) is 42.0 Å². The Morgan fingerprint density at radius 3 is 3.16 bits per heavy atom. The lowest BCUT2D eigenvalue weighted by Crippen LogP contribution is -2.29. The summed E-state index contributed by atoms with van der Waals surface area (Å²) in [5.41, 5.74) is 2.69. The number of nitrogens with zero attached hydrogens (tertiary/aromatic N) is 2. The van der Waals surface area contributed by atoms with E-state index in [4.69, 9.17) is 4.74 Å². The van der Waals surface area contributed by atoms with E-state index < -0.39 is 0 Å². The molecule has 0 spiro atoms. The van der Waals surface area contributed by atoms with Gasteiger partial charge in [-0.2, -0.15) is 0 Å². The maximum absolute atomic E-state index is 5.61. The van der Waals surface area contributed by atoms with Gasteiger partial charge in [0.15, 0.2) is 0 Å². The van der Waals surface area contributed by atoms with E-state index in [9.17, 15) is 0 Å². The first-order valence-corrected chi connectivity index (χ1v) is 6.85. The summed E-state index contributed by atoms with van der Waals surface area (Å²) in [6.07, 6.45) is 6.02. The number of H-pyrrole nitrogens is 1. The van der Waals surface area contributed by atoms with Crippen molar-refractivity contribution in [3.8, 4) is 5.75 Å². The molecule has 4 nitrogen and oxygen atoms in total. The van der Waals surface area contributed by atoms with E-state index >= 15 is 0 Å². The molecule has 0 saturated heterocycles. The van der Waals surface area contributed by atoms with Crippen molar-refractivity contribution in [3.63, 3.8) is 0 Å². The fraction of sp³-hybridized carbons (Fsp3) is 0.400. The summed E-state index contributed by atoms with van der Waals surface area (Å²) in [4.78, 5) is 9.86. The number of imidazole rings is 1. The van der Waals surface area contributed by atoms with Crippen LogP contribution < -0.4 is 9.64 Å². The van der Waals surface area contributed by atoms with Crippen LogP contribution in [0.1, 0.15) is 24.7 Å². The van der Waals surface area contributed by atoms with Crippen molar-refractivity contribution < 1.29 is 4.74 Å². The van der Waals surface area contributed by atoms with E-state index in [0.717, 1.165) is 31.1 Å². The third-order valence-electron chi connectivity index (χ3n) is 3.48. The minimum absolute atomic E-state index is 0.705. The molecule has 100 valence electrons. The zero-order valence-electron chi connectivity index (χ0n) is 11.2. The number of benzene rings is 1. The number of anilines is 1. The Labute approximate surface area is 113 Å². The zero-order valence-corrected chi connectivity index (χ0v) is 11.2. The van der Waals surface area contributed by atoms with E-state index in [0.29, 0.717) is 6.61 Å². The normalized spacial score (nSPS) is 14.3. The number of nitrogens with one attached hydrogen (secondary N) is 1. The van der Waals surface area contributed by atoms with Crippen molar-refractivity contribution in [2.24, 2.45) is 0 Å². The van der Waals surface area contributed by atoms with Gasteiger partial charge in [-0.25, -0.2) is 4.98 Å². The Hall–Kier alpha value is -1.97. The van der Waals surface area contributed by atoms with Crippen LogP contribution in [0, 0.1) is 0 Å². The standard InChI is InChI=1S/C15H19N3O/c1-2-19-13-6-5-12-4-3-9-18(14(12)10-13)11-15-16-7-8-17-15/h5-8,10H,2-4,9,11H2,1H3,(H,16,17). The maximum atomic E-state index is 5.61. The van der Waals surface area contributed by atoms with Crippen molar-refractivity contribution in [2.45, 2.75) is 26.3 Å². The van der Waals surface area contributed by atoms with Crippen LogP contribution in [0.3, 0.4) is 0 Å². The summed E-state index contributed by atoms with van der Waals surface area (Å²) < 4.78 is 5.61. The van der Waals surface area contributed by atoms with E-state index in [1.165, 1.54) is 17.7 Å². The van der Waals surface area contributed by atoms with Gasteiger partial charge in [-0.05, 0) is 31.4 Å². The number of ether oxygens (including phenoxy) is 1. The van der Waals surface area contributed by atoms with E-state index in [1.54, 1.807) is 6.20 Å². The highest BCUT2D eigenvalue weighted by molar-refractivity contribution is 5.58. The Balaban J connectivity index is 1.86. The predicted octanol–water partition coefficient (Wildman–Crippen LogP) is 2.76. The molecule has 0 atom stereocenters. The van der Waals surface area contributed by atoms with Crippen LogP contribution in [-0.4, -0.2) is 23.1 Å². The molecule has 2 heterocycles. The quantitative estimate of drug-likeness (QED) is 0.915. The third kappa shape index (κ3) is 2.57. The zero-order chi connectivity index (χ0) is 13.1. The van der Waals surface area contributed by atoms with Crippen LogP contribution in [0.15, 0.2) is 30.6 Å². The molecule has 1 aliphatic rings. The van der Waals surface area contributed by atoms with Crippen LogP contribution in [0.25, 0.3) is 0 Å². The van der Waals surface area contributed by atoms with Crippen molar-refractivity contribution in [2.75, 3.05) is 18.1 Å². The lowest BCUT2D eigenvalue weighted by molar-refractivity contribution is 0.340. The number of rotatable bonds is 4. The SMILES string of the molecule is CCOc1ccc2c(c1)N(Cc1ncc[nH]1)CCC2. The molecule has 1 aromatic carbocycles. The predicted molar refractivity (Wildman–Crippen MR) is 75.6 cm³/mol. The fourth-order valence-corrected chi connectivity index (χ4v) is 2.62. The highest BCUT2D eigenvalue weighted by Gasteiger charge is 2.18. The first-order chi connectivity index (χ1) is 9.36. The van der Waals surface area contributed by atoms with Gasteiger partial charge >= 0.3 is 0 Å². The van der Waals surface area contributed by atoms with Crippen molar-refractivity contribution in [1.82, 2.24) is 9.97 Å². The van der Waals surface area contributed by atoms with Crippen LogP contribution in [0.2, 0.25) is 0 Å². The number of aromatic amines is 1. The first-order valence-electron chi connectivity index (χ1n) is 6.85. The molecule has 1 aromatic heterocycles. The largest absolute Gasteiger partial charge is 0.494 e. The minimum Gasteiger partial charge on any atom is -0.494 e. The molecule has 0 saturated carbocycles. The smallest absolute Gasteiger partial charge is 0.125 e. The number of hydrogen-bond donors (Lipinski definition) is 1. The molecule has 2 aromatic rings. The maximum Gasteiger partial charge on any atom is 0.125 e. The summed E-state index contributed by atoms with van der Waals surface area (Å²) in [6, 6.07) is 6.41. The van der Waals surface area contributed by atoms with Crippen molar-refractivity contribution >= 4 is 5.69 Å². The molecule has 1 N–H and O–H groups in total. The van der Waals surface area contributed by atoms with Gasteiger partial charge in [0.05, 0.1) is 13.2 Å². The molecule has 0 fully saturated rings. The van der Waals surface area contributed by atoms with Gasteiger partial charge in [-0.1, -0.05) is 6.07 Å². The molecule has 0 amide bonds. The molecule has 0 bridgehead atoms. The van der Waals surface area contributed by atoms with E-state index in [2.05, 4.69) is 33.1 Å². The number of fused-ring (bicyclic) bond motifs is 1. The first kappa shape index (κ1) is 12.1. The van der Waals surface area contributed by atoms with Gasteiger partial charge in [0.25, 0.3) is 0 Å². The highest BCUT2D eigenvalue weighted by Crippen LogP contribution is 2.31. The second-order valence-electron chi connectivity index (χ2n) is 4.78. The van der Waals surface area contributed by atoms with Gasteiger partial charge in [-0.3, -0.25) is 0 Å². The lowest BCUT2D eigenvalue weighted by atomic mass is 10.0. The minimum atomic E-state index is 0.705. The highest BCUT2D eigenvalue weighted by atomic mass is 16.5. The average Bonchev–Trinajstić information content (AvgIpc) is 2.93. The van der Waals surface area contributed by atoms with Gasteiger partial charge in [0.1, 0.15) is 11.6 Å². The van der Waals surface area contributed by atoms with Crippen LogP contribution >= 0.6 is 0 Å². The van der Waals surface area contributed by atoms with E-state index in [-0.39, 0.29) is 0 Å². The molecule has 0 aliphatic carbocycles. The summed E-state index contributed by atoms with van der Waals surface area (Å²) in [5, 5.41) is 0. The average molecular weight is 257 g/mol. The number of aromatic nitrogens is 2. The van der Waals surface area contributed by atoms with Crippen LogP contribution in [0.4, 0.5) is 5.69 Å². The second-order valence-corrected chi connectivity index (χ2v) is 4.78. The molecule has 0 unspecified atom stereocenters. The molecule has 0 radical (unpaired) electrons. The summed E-state index contributed by atoms with van der Waals surface area (Å²) >= 11 is 0. The van der Waals surface area contributed by atoms with Gasteiger partial charge in [0.2, 0.25) is 0 Å². The Bertz CT molecular complexity index is 536. The third-order valence-corrected chi connectivity index (χ3v) is 3.48. The van der Waals surface area contributed by atoms with Gasteiger partial charge < -0.3 is 14.6 Å². The van der Waals surface area contributed by atoms with Crippen LogP contribution in [-0.2, 0) is 13.0 Å². The lowest BCUT2D eigenvalue weighted by Gasteiger charge is -2.31. The van der Waals surface area contributed by atoms with Crippen LogP contribution in [0.5, 0.6) is 5.75 Å². The Morgan fingerprint density at radius 1 is 1.42 bits per heavy atom. The molecule has 4 heteroatoms. The molecule has 19 heavy (non-hydrogen) atoms. The van der Waals surface area contributed by atoms with Gasteiger partial charge in [-0.15, -0.1) is 0 Å². The number of hydrogen-bond acceptors (Lipinski definition) is 3. The summed E-state index contributed by atoms with van der Waals surface area (Å²) in [7, 11) is 0. The summed E-state index contributed by atoms with van der Waals surface area (Å²) in [5.74, 6) is 1.96. The Morgan fingerprint density at radius 2 is 2.37 bits per heavy atom. The van der Waals surface area contributed by atoms with E-state index in [1.807, 2.05) is 13.1 Å². The summed E-state index contributed by atoms with van der Waals surface area (Å²) in [6.45, 7) is 4.62.